The average molecular weight is 157 g/mol. The van der Waals surface area contributed by atoms with Crippen molar-refractivity contribution in [1.29, 1.82) is 0 Å². The Morgan fingerprint density at radius 1 is 1.80 bits per heavy atom. The van der Waals surface area contributed by atoms with Gasteiger partial charge in [0.25, 0.3) is 0 Å². The molecular formula is C7H11NOS. The standard InChI is InChI=1S/C7H11NOS/c1-5-4-10-7(3,8-5)6(2)9/h4,8H,1-3H3. The Bertz CT molecular complexity index is 200. The second kappa shape index (κ2) is 2.31. The maximum absolute atomic E-state index is 11.0. The zero-order valence-corrected chi connectivity index (χ0v) is 7.21. The molecule has 0 saturated carbocycles. The summed E-state index contributed by atoms with van der Waals surface area (Å²) in [5.74, 6) is 0.172. The molecule has 0 aliphatic carbocycles. The van der Waals surface area contributed by atoms with E-state index in [1.165, 1.54) is 11.8 Å². The van der Waals surface area contributed by atoms with Gasteiger partial charge < -0.3 is 5.32 Å². The number of carbonyl (C=O) groups excluding carboxylic acids is 1. The first-order chi connectivity index (χ1) is 4.54. The summed E-state index contributed by atoms with van der Waals surface area (Å²) in [4.78, 5) is 10.6. The fraction of sp³-hybridized carbons (Fsp3) is 0.571. The molecule has 0 aromatic carbocycles. The molecule has 1 aliphatic heterocycles. The van der Waals surface area contributed by atoms with Crippen LogP contribution in [0.3, 0.4) is 0 Å². The molecule has 1 atom stereocenters. The van der Waals surface area contributed by atoms with E-state index < -0.39 is 4.87 Å². The van der Waals surface area contributed by atoms with Crippen molar-refractivity contribution in [1.82, 2.24) is 5.32 Å². The van der Waals surface area contributed by atoms with Crippen molar-refractivity contribution in [2.45, 2.75) is 25.6 Å². The molecule has 56 valence electrons. The van der Waals surface area contributed by atoms with E-state index in [1.807, 2.05) is 19.3 Å². The monoisotopic (exact) mass is 157 g/mol. The van der Waals surface area contributed by atoms with Crippen LogP contribution in [-0.4, -0.2) is 10.7 Å². The first-order valence-electron chi connectivity index (χ1n) is 3.18. The Labute approximate surface area is 65.1 Å². The van der Waals surface area contributed by atoms with Crippen LogP contribution < -0.4 is 5.32 Å². The molecule has 0 bridgehead atoms. The van der Waals surface area contributed by atoms with Crippen molar-refractivity contribution in [3.8, 4) is 0 Å². The number of hydrogen-bond donors (Lipinski definition) is 1. The highest BCUT2D eigenvalue weighted by Crippen LogP contribution is 2.31. The highest BCUT2D eigenvalue weighted by molar-refractivity contribution is 8.04. The van der Waals surface area contributed by atoms with Crippen LogP contribution in [0.5, 0.6) is 0 Å². The number of nitrogens with one attached hydrogen (secondary N) is 1. The molecule has 0 saturated heterocycles. The first kappa shape index (κ1) is 7.66. The minimum absolute atomic E-state index is 0.172. The molecule has 1 heterocycles. The molecule has 0 radical (unpaired) electrons. The Hall–Kier alpha value is -0.440. The number of ketones is 1. The van der Waals surface area contributed by atoms with Gasteiger partial charge in [0.2, 0.25) is 0 Å². The van der Waals surface area contributed by atoms with Crippen LogP contribution in [0.25, 0.3) is 0 Å². The summed E-state index contributed by atoms with van der Waals surface area (Å²) in [5, 5.41) is 5.08. The van der Waals surface area contributed by atoms with Crippen molar-refractivity contribution >= 4 is 17.5 Å². The maximum Gasteiger partial charge on any atom is 0.165 e. The van der Waals surface area contributed by atoms with E-state index in [0.29, 0.717) is 0 Å². The molecule has 10 heavy (non-hydrogen) atoms. The lowest BCUT2D eigenvalue weighted by atomic mass is 10.2. The van der Waals surface area contributed by atoms with Gasteiger partial charge in [-0.2, -0.15) is 0 Å². The zero-order valence-electron chi connectivity index (χ0n) is 6.39. The van der Waals surface area contributed by atoms with Gasteiger partial charge in [-0.15, -0.1) is 0 Å². The van der Waals surface area contributed by atoms with Crippen LogP contribution in [0.1, 0.15) is 20.8 Å². The van der Waals surface area contributed by atoms with E-state index in [0.717, 1.165) is 5.70 Å². The molecule has 1 N–H and O–H groups in total. The van der Waals surface area contributed by atoms with Crippen LogP contribution in [-0.2, 0) is 4.79 Å². The van der Waals surface area contributed by atoms with E-state index in [2.05, 4.69) is 5.32 Å². The Balaban J connectivity index is 2.70. The molecule has 0 aromatic heterocycles. The average Bonchev–Trinajstić information content (AvgIpc) is 2.13. The Kier molecular flexibility index (Phi) is 1.77. The molecular weight excluding hydrogens is 146 g/mol. The fourth-order valence-electron chi connectivity index (χ4n) is 0.812. The largest absolute Gasteiger partial charge is 0.368 e. The summed E-state index contributed by atoms with van der Waals surface area (Å²) in [7, 11) is 0. The lowest BCUT2D eigenvalue weighted by Gasteiger charge is -2.20. The predicted molar refractivity (Wildman–Crippen MR) is 43.6 cm³/mol. The highest BCUT2D eigenvalue weighted by Gasteiger charge is 2.32. The van der Waals surface area contributed by atoms with Gasteiger partial charge >= 0.3 is 0 Å². The smallest absolute Gasteiger partial charge is 0.165 e. The third kappa shape index (κ3) is 1.19. The summed E-state index contributed by atoms with van der Waals surface area (Å²) in [6, 6.07) is 0. The minimum atomic E-state index is -0.399. The second-order valence-electron chi connectivity index (χ2n) is 2.63. The van der Waals surface area contributed by atoms with Crippen molar-refractivity contribution in [2.24, 2.45) is 0 Å². The van der Waals surface area contributed by atoms with Gasteiger partial charge in [-0.3, -0.25) is 4.79 Å². The number of allylic oxidation sites excluding steroid dienone is 1. The molecule has 0 aromatic rings. The molecule has 1 unspecified atom stereocenters. The number of thioether (sulfide) groups is 1. The summed E-state index contributed by atoms with van der Waals surface area (Å²) < 4.78 is 0. The van der Waals surface area contributed by atoms with E-state index in [-0.39, 0.29) is 5.78 Å². The van der Waals surface area contributed by atoms with Crippen LogP contribution in [0, 0.1) is 0 Å². The van der Waals surface area contributed by atoms with E-state index in [9.17, 15) is 4.79 Å². The van der Waals surface area contributed by atoms with Crippen LogP contribution >= 0.6 is 11.8 Å². The van der Waals surface area contributed by atoms with E-state index in [1.54, 1.807) is 6.92 Å². The van der Waals surface area contributed by atoms with Crippen molar-refractivity contribution in [3.63, 3.8) is 0 Å². The molecule has 3 heteroatoms. The molecule has 0 fully saturated rings. The van der Waals surface area contributed by atoms with Gasteiger partial charge in [0, 0.05) is 5.70 Å². The van der Waals surface area contributed by atoms with Crippen molar-refractivity contribution in [3.05, 3.63) is 11.1 Å². The number of carbonyl (C=O) groups is 1. The highest BCUT2D eigenvalue weighted by atomic mass is 32.2. The number of Topliss-reactive ketones (excluding diaryl/α,β-unsaturated/α-hetero) is 1. The zero-order chi connectivity index (χ0) is 7.78. The summed E-state index contributed by atoms with van der Waals surface area (Å²) in [6.07, 6.45) is 0. The van der Waals surface area contributed by atoms with Gasteiger partial charge in [0.15, 0.2) is 5.78 Å². The van der Waals surface area contributed by atoms with Gasteiger partial charge in [-0.05, 0) is 26.2 Å². The van der Waals surface area contributed by atoms with Crippen LogP contribution in [0.2, 0.25) is 0 Å². The van der Waals surface area contributed by atoms with Gasteiger partial charge in [-0.1, -0.05) is 11.8 Å². The van der Waals surface area contributed by atoms with Gasteiger partial charge in [0.1, 0.15) is 4.87 Å². The molecule has 1 aliphatic rings. The van der Waals surface area contributed by atoms with Crippen molar-refractivity contribution < 1.29 is 4.79 Å². The molecule has 0 amide bonds. The van der Waals surface area contributed by atoms with E-state index >= 15 is 0 Å². The second-order valence-corrected chi connectivity index (χ2v) is 3.92. The third-order valence-corrected chi connectivity index (χ3v) is 2.91. The first-order valence-corrected chi connectivity index (χ1v) is 4.06. The predicted octanol–water partition coefficient (Wildman–Crippen LogP) is 1.49. The number of hydrogen-bond acceptors (Lipinski definition) is 3. The minimum Gasteiger partial charge on any atom is -0.368 e. The lowest BCUT2D eigenvalue weighted by Crippen LogP contribution is -2.40. The molecule has 0 spiro atoms. The van der Waals surface area contributed by atoms with Gasteiger partial charge in [-0.25, -0.2) is 0 Å². The van der Waals surface area contributed by atoms with Crippen molar-refractivity contribution in [2.75, 3.05) is 0 Å². The Morgan fingerprint density at radius 2 is 2.40 bits per heavy atom. The Morgan fingerprint density at radius 3 is 2.60 bits per heavy atom. The van der Waals surface area contributed by atoms with E-state index in [4.69, 9.17) is 0 Å². The summed E-state index contributed by atoms with van der Waals surface area (Å²) >= 11 is 1.54. The topological polar surface area (TPSA) is 29.1 Å². The quantitative estimate of drug-likeness (QED) is 0.625. The summed E-state index contributed by atoms with van der Waals surface area (Å²) in [5.41, 5.74) is 1.07. The summed E-state index contributed by atoms with van der Waals surface area (Å²) in [6.45, 7) is 5.46. The fourth-order valence-corrected chi connectivity index (χ4v) is 1.67. The third-order valence-electron chi connectivity index (χ3n) is 1.58. The maximum atomic E-state index is 11.0. The normalized spacial score (nSPS) is 31.3. The molecule has 1 rings (SSSR count). The number of rotatable bonds is 1. The molecule has 2 nitrogen and oxygen atoms in total. The van der Waals surface area contributed by atoms with Crippen LogP contribution in [0.4, 0.5) is 0 Å². The van der Waals surface area contributed by atoms with Gasteiger partial charge in [0.05, 0.1) is 0 Å². The lowest BCUT2D eigenvalue weighted by molar-refractivity contribution is -0.119. The SMILES string of the molecule is CC(=O)C1(C)NC(C)=CS1. The van der Waals surface area contributed by atoms with Crippen LogP contribution in [0.15, 0.2) is 11.1 Å².